The molecule has 116 valence electrons. The Balaban J connectivity index is 2.13. The third kappa shape index (κ3) is 1.89. The van der Waals surface area contributed by atoms with Crippen molar-refractivity contribution in [2.45, 2.75) is 84.7 Å². The summed E-state index contributed by atoms with van der Waals surface area (Å²) in [4.78, 5) is 23.3. The molecule has 0 amide bonds. The van der Waals surface area contributed by atoms with Gasteiger partial charge in [-0.25, -0.2) is 0 Å². The summed E-state index contributed by atoms with van der Waals surface area (Å²) in [6, 6.07) is 0. The van der Waals surface area contributed by atoms with Crippen LogP contribution in [0.15, 0.2) is 9.98 Å². The molecular formula is C18H28N2O. The zero-order chi connectivity index (χ0) is 15.7. The topological polar surface area (TPSA) is 41.8 Å². The fourth-order valence-corrected chi connectivity index (χ4v) is 4.14. The summed E-state index contributed by atoms with van der Waals surface area (Å²) in [5, 5.41) is 0. The number of hydrogen-bond acceptors (Lipinski definition) is 3. The van der Waals surface area contributed by atoms with Crippen molar-refractivity contribution in [3.63, 3.8) is 0 Å². The van der Waals surface area contributed by atoms with Gasteiger partial charge in [0.2, 0.25) is 5.78 Å². The number of carbonyl (C=O) groups is 1. The summed E-state index contributed by atoms with van der Waals surface area (Å²) in [6.45, 7) is 12.9. The minimum atomic E-state index is -0.559. The first kappa shape index (κ1) is 14.9. The van der Waals surface area contributed by atoms with Crippen molar-refractivity contribution in [3.05, 3.63) is 0 Å². The van der Waals surface area contributed by atoms with Crippen LogP contribution in [0, 0.1) is 10.8 Å². The highest BCUT2D eigenvalue weighted by Gasteiger charge is 2.67. The van der Waals surface area contributed by atoms with Gasteiger partial charge in [-0.2, -0.15) is 0 Å². The quantitative estimate of drug-likeness (QED) is 0.664. The number of aliphatic imine (C=N–C) groups is 2. The summed E-state index contributed by atoms with van der Waals surface area (Å²) < 4.78 is 0. The fraction of sp³-hybridized carbons (Fsp3) is 0.833. The first-order valence-corrected chi connectivity index (χ1v) is 8.26. The summed E-state index contributed by atoms with van der Waals surface area (Å²) in [5.41, 5.74) is 1.01. The number of ketones is 1. The van der Waals surface area contributed by atoms with Crippen molar-refractivity contribution in [2.24, 2.45) is 20.8 Å². The number of hydrogen-bond donors (Lipinski definition) is 0. The summed E-state index contributed by atoms with van der Waals surface area (Å²) in [7, 11) is 0. The van der Waals surface area contributed by atoms with Gasteiger partial charge in [0.25, 0.3) is 0 Å². The van der Waals surface area contributed by atoms with Crippen molar-refractivity contribution >= 4 is 17.2 Å². The molecule has 3 aliphatic rings. The van der Waals surface area contributed by atoms with Gasteiger partial charge in [-0.05, 0) is 18.3 Å². The van der Waals surface area contributed by atoms with E-state index in [0.29, 0.717) is 0 Å². The number of nitrogens with zero attached hydrogens (tertiary/aromatic N) is 2. The Bertz CT molecular complexity index is 559. The molecule has 0 N–H and O–H groups in total. The van der Waals surface area contributed by atoms with Gasteiger partial charge in [0.05, 0.1) is 11.3 Å². The van der Waals surface area contributed by atoms with E-state index in [1.165, 1.54) is 12.1 Å². The molecule has 1 saturated carbocycles. The molecule has 21 heavy (non-hydrogen) atoms. The van der Waals surface area contributed by atoms with Crippen LogP contribution in [0.4, 0.5) is 0 Å². The van der Waals surface area contributed by atoms with Crippen LogP contribution in [0.25, 0.3) is 0 Å². The Morgan fingerprint density at radius 2 is 1.52 bits per heavy atom. The van der Waals surface area contributed by atoms with Gasteiger partial charge >= 0.3 is 0 Å². The number of carbonyl (C=O) groups excluding carboxylic acids is 1. The van der Waals surface area contributed by atoms with E-state index in [0.717, 1.165) is 31.4 Å². The molecule has 1 aliphatic carbocycles. The molecule has 2 unspecified atom stereocenters. The van der Waals surface area contributed by atoms with Crippen LogP contribution in [-0.2, 0) is 4.79 Å². The lowest BCUT2D eigenvalue weighted by molar-refractivity contribution is -0.119. The van der Waals surface area contributed by atoms with Gasteiger partial charge in [0.1, 0.15) is 5.54 Å². The Morgan fingerprint density at radius 3 is 2.05 bits per heavy atom. The monoisotopic (exact) mass is 288 g/mol. The van der Waals surface area contributed by atoms with E-state index in [4.69, 9.17) is 9.98 Å². The lowest BCUT2D eigenvalue weighted by Crippen LogP contribution is -2.53. The Kier molecular flexibility index (Phi) is 2.88. The van der Waals surface area contributed by atoms with E-state index in [1.54, 1.807) is 0 Å². The Morgan fingerprint density at radius 1 is 0.905 bits per heavy atom. The second-order valence-electron chi connectivity index (χ2n) is 9.12. The highest BCUT2D eigenvalue weighted by atomic mass is 16.1. The van der Waals surface area contributed by atoms with Crippen molar-refractivity contribution < 1.29 is 4.79 Å². The molecule has 2 heterocycles. The summed E-state index contributed by atoms with van der Waals surface area (Å²) in [5.74, 6) is 0.217. The predicted molar refractivity (Wildman–Crippen MR) is 87.3 cm³/mol. The van der Waals surface area contributed by atoms with Gasteiger partial charge in [-0.15, -0.1) is 0 Å². The van der Waals surface area contributed by atoms with E-state index in [2.05, 4.69) is 41.5 Å². The molecule has 0 saturated heterocycles. The first-order valence-electron chi connectivity index (χ1n) is 8.26. The van der Waals surface area contributed by atoms with Crippen molar-refractivity contribution in [3.8, 4) is 0 Å². The standard InChI is InChI=1S/C18H28N2O/c1-15(2,3)12-11-17-9-7-8-10-18(17,19-12)14(21)13(20-17)16(4,5)6/h7-11H2,1-6H3. The maximum Gasteiger partial charge on any atom is 0.207 e. The Hall–Kier alpha value is -0.990. The molecule has 0 radical (unpaired) electrons. The fourth-order valence-electron chi connectivity index (χ4n) is 4.14. The second-order valence-corrected chi connectivity index (χ2v) is 9.12. The van der Waals surface area contributed by atoms with E-state index in [1.807, 2.05) is 0 Å². The first-order chi connectivity index (χ1) is 9.52. The van der Waals surface area contributed by atoms with Crippen molar-refractivity contribution in [1.82, 2.24) is 0 Å². The van der Waals surface area contributed by atoms with Crippen LogP contribution in [0.3, 0.4) is 0 Å². The molecule has 0 spiro atoms. The van der Waals surface area contributed by atoms with Crippen LogP contribution in [-0.4, -0.2) is 28.3 Å². The maximum absolute atomic E-state index is 13.2. The zero-order valence-electron chi connectivity index (χ0n) is 14.3. The lowest BCUT2D eigenvalue weighted by atomic mass is 9.65. The summed E-state index contributed by atoms with van der Waals surface area (Å²) >= 11 is 0. The second kappa shape index (κ2) is 4.05. The minimum absolute atomic E-state index is 0.0341. The smallest absolute Gasteiger partial charge is 0.207 e. The Labute approximate surface area is 128 Å². The highest BCUT2D eigenvalue weighted by Crippen LogP contribution is 2.56. The lowest BCUT2D eigenvalue weighted by Gasteiger charge is -2.39. The molecule has 2 atom stereocenters. The molecule has 0 bridgehead atoms. The van der Waals surface area contributed by atoms with Crippen LogP contribution >= 0.6 is 0 Å². The van der Waals surface area contributed by atoms with Gasteiger partial charge < -0.3 is 0 Å². The van der Waals surface area contributed by atoms with Crippen molar-refractivity contribution in [2.75, 3.05) is 0 Å². The van der Waals surface area contributed by atoms with Crippen LogP contribution in [0.1, 0.15) is 73.6 Å². The van der Waals surface area contributed by atoms with E-state index >= 15 is 0 Å². The summed E-state index contributed by atoms with van der Waals surface area (Å²) in [6.07, 6.45) is 5.04. The van der Waals surface area contributed by atoms with Gasteiger partial charge in [-0.1, -0.05) is 54.4 Å². The molecule has 2 aliphatic heterocycles. The predicted octanol–water partition coefficient (Wildman–Crippen LogP) is 4.00. The SMILES string of the molecule is CC(C)(C)C1=NC23CCCCC2(C1)N=C(C(C)(C)C)C3=O. The molecule has 0 aromatic heterocycles. The molecule has 1 fully saturated rings. The number of Topliss-reactive ketones (excluding diaryl/α,β-unsaturated/α-hetero) is 1. The number of rotatable bonds is 0. The zero-order valence-corrected chi connectivity index (χ0v) is 14.3. The average molecular weight is 288 g/mol. The third-order valence-electron chi connectivity index (χ3n) is 5.43. The van der Waals surface area contributed by atoms with Gasteiger partial charge in [0, 0.05) is 17.5 Å². The third-order valence-corrected chi connectivity index (χ3v) is 5.43. The van der Waals surface area contributed by atoms with Crippen LogP contribution < -0.4 is 0 Å². The molecule has 3 rings (SSSR count). The largest absolute Gasteiger partial charge is 0.290 e. The maximum atomic E-state index is 13.2. The minimum Gasteiger partial charge on any atom is -0.290 e. The van der Waals surface area contributed by atoms with E-state index in [9.17, 15) is 4.79 Å². The molecule has 3 heteroatoms. The van der Waals surface area contributed by atoms with E-state index in [-0.39, 0.29) is 22.2 Å². The molecule has 0 aromatic rings. The molecule has 3 nitrogen and oxygen atoms in total. The van der Waals surface area contributed by atoms with Gasteiger partial charge in [0.15, 0.2) is 0 Å². The highest BCUT2D eigenvalue weighted by molar-refractivity contribution is 6.47. The normalized spacial score (nSPS) is 36.2. The van der Waals surface area contributed by atoms with Crippen LogP contribution in [0.2, 0.25) is 0 Å². The molecule has 0 aromatic carbocycles. The van der Waals surface area contributed by atoms with Crippen molar-refractivity contribution in [1.29, 1.82) is 0 Å². The van der Waals surface area contributed by atoms with Gasteiger partial charge in [-0.3, -0.25) is 14.8 Å². The van der Waals surface area contributed by atoms with E-state index < -0.39 is 5.54 Å². The molecular weight excluding hydrogens is 260 g/mol. The van der Waals surface area contributed by atoms with Crippen LogP contribution in [0.5, 0.6) is 0 Å². The average Bonchev–Trinajstić information content (AvgIpc) is 2.80.